The van der Waals surface area contributed by atoms with Crippen LogP contribution in [0.4, 0.5) is 11.5 Å². The first-order valence-electron chi connectivity index (χ1n) is 10.9. The minimum absolute atomic E-state index is 0.214. The van der Waals surface area contributed by atoms with Crippen molar-refractivity contribution in [3.63, 3.8) is 0 Å². The number of nitrogens with two attached hydrogens (primary N) is 1. The van der Waals surface area contributed by atoms with Gasteiger partial charge in [-0.3, -0.25) is 4.79 Å². The number of aryl methyl sites for hydroxylation is 1. The molecule has 3 heterocycles. The number of nitrogens with zero attached hydrogens (tertiary/aromatic N) is 4. The number of rotatable bonds is 4. The molecule has 5 rings (SSSR count). The molecule has 0 radical (unpaired) electrons. The molecule has 4 aromatic rings. The van der Waals surface area contributed by atoms with Crippen molar-refractivity contribution in [2.45, 2.75) is 39.3 Å². The number of carbonyl (C=O) groups excluding carboxylic acids is 1. The van der Waals surface area contributed by atoms with Crippen LogP contribution in [0.25, 0.3) is 22.0 Å². The number of amides is 1. The first kappa shape index (κ1) is 21.1. The number of hydrogen-bond acceptors (Lipinski definition) is 7. The zero-order valence-electron chi connectivity index (χ0n) is 18.9. The van der Waals surface area contributed by atoms with E-state index >= 15 is 0 Å². The molecule has 0 spiro atoms. The Balaban J connectivity index is 1.50. The SMILES string of the molecule is Cc1cc(-c2cnoc2)cc2c(N3CCc4ccc(NC(=O)C(C)(C)N)cc4C3)ncnc12. The molecule has 0 bridgehead atoms. The van der Waals surface area contributed by atoms with E-state index in [1.54, 1.807) is 32.6 Å². The highest BCUT2D eigenvalue weighted by Gasteiger charge is 2.24. The van der Waals surface area contributed by atoms with E-state index < -0.39 is 5.54 Å². The molecule has 0 saturated heterocycles. The predicted octanol–water partition coefficient (Wildman–Crippen LogP) is 3.83. The monoisotopic (exact) mass is 442 g/mol. The number of anilines is 2. The van der Waals surface area contributed by atoms with Gasteiger partial charge in [-0.15, -0.1) is 0 Å². The van der Waals surface area contributed by atoms with Crippen molar-refractivity contribution in [2.75, 3.05) is 16.8 Å². The van der Waals surface area contributed by atoms with E-state index in [1.807, 2.05) is 12.1 Å². The summed E-state index contributed by atoms with van der Waals surface area (Å²) in [4.78, 5) is 23.8. The van der Waals surface area contributed by atoms with Crippen molar-refractivity contribution in [3.8, 4) is 11.1 Å². The minimum Gasteiger partial charge on any atom is -0.364 e. The highest BCUT2D eigenvalue weighted by molar-refractivity contribution is 5.97. The second-order valence-corrected chi connectivity index (χ2v) is 9.13. The molecule has 0 unspecified atom stereocenters. The molecule has 8 nitrogen and oxygen atoms in total. The van der Waals surface area contributed by atoms with Gasteiger partial charge in [0.2, 0.25) is 5.91 Å². The van der Waals surface area contributed by atoms with Crippen LogP contribution in [0.1, 0.15) is 30.5 Å². The molecular formula is C25H26N6O2. The van der Waals surface area contributed by atoms with Crippen molar-refractivity contribution in [1.82, 2.24) is 15.1 Å². The van der Waals surface area contributed by atoms with Crippen LogP contribution in [0.15, 0.2) is 53.6 Å². The van der Waals surface area contributed by atoms with Crippen LogP contribution in [0.2, 0.25) is 0 Å². The molecule has 0 fully saturated rings. The number of aromatic nitrogens is 3. The van der Waals surface area contributed by atoms with Crippen molar-refractivity contribution in [3.05, 3.63) is 65.8 Å². The molecule has 2 aromatic heterocycles. The topological polar surface area (TPSA) is 110 Å². The minimum atomic E-state index is -0.943. The average molecular weight is 443 g/mol. The van der Waals surface area contributed by atoms with Gasteiger partial charge in [0, 0.05) is 29.7 Å². The van der Waals surface area contributed by atoms with Crippen LogP contribution in [-0.2, 0) is 17.8 Å². The Labute approximate surface area is 191 Å². The Hall–Kier alpha value is -3.78. The fourth-order valence-electron chi connectivity index (χ4n) is 4.21. The second kappa shape index (κ2) is 7.97. The zero-order valence-corrected chi connectivity index (χ0v) is 18.9. The van der Waals surface area contributed by atoms with Crippen molar-refractivity contribution in [2.24, 2.45) is 5.73 Å². The van der Waals surface area contributed by atoms with Crippen LogP contribution >= 0.6 is 0 Å². The van der Waals surface area contributed by atoms with Crippen molar-refractivity contribution < 1.29 is 9.32 Å². The fraction of sp³-hybridized carbons (Fsp3) is 0.280. The maximum absolute atomic E-state index is 12.3. The smallest absolute Gasteiger partial charge is 0.243 e. The van der Waals surface area contributed by atoms with E-state index in [1.165, 1.54) is 5.56 Å². The fourth-order valence-corrected chi connectivity index (χ4v) is 4.21. The summed E-state index contributed by atoms with van der Waals surface area (Å²) in [6.45, 7) is 6.97. The van der Waals surface area contributed by atoms with E-state index in [0.29, 0.717) is 6.54 Å². The highest BCUT2D eigenvalue weighted by atomic mass is 16.5. The van der Waals surface area contributed by atoms with Crippen LogP contribution in [0.5, 0.6) is 0 Å². The van der Waals surface area contributed by atoms with Gasteiger partial charge in [0.1, 0.15) is 18.4 Å². The molecule has 1 amide bonds. The van der Waals surface area contributed by atoms with E-state index in [2.05, 4.69) is 50.5 Å². The lowest BCUT2D eigenvalue weighted by molar-refractivity contribution is -0.120. The molecule has 1 aliphatic rings. The molecule has 0 atom stereocenters. The molecule has 168 valence electrons. The van der Waals surface area contributed by atoms with E-state index in [9.17, 15) is 4.79 Å². The molecule has 8 heteroatoms. The molecule has 0 saturated carbocycles. The van der Waals surface area contributed by atoms with Crippen molar-refractivity contribution in [1.29, 1.82) is 0 Å². The van der Waals surface area contributed by atoms with Crippen LogP contribution in [0.3, 0.4) is 0 Å². The lowest BCUT2D eigenvalue weighted by Gasteiger charge is -2.31. The van der Waals surface area contributed by atoms with Gasteiger partial charge in [0.15, 0.2) is 0 Å². The third-order valence-electron chi connectivity index (χ3n) is 6.04. The molecule has 33 heavy (non-hydrogen) atoms. The normalized spacial score (nSPS) is 13.8. The largest absolute Gasteiger partial charge is 0.364 e. The third kappa shape index (κ3) is 4.05. The van der Waals surface area contributed by atoms with E-state index in [0.717, 1.165) is 57.6 Å². The Kier molecular flexibility index (Phi) is 5.09. The maximum atomic E-state index is 12.3. The summed E-state index contributed by atoms with van der Waals surface area (Å²) in [5, 5.41) is 7.75. The van der Waals surface area contributed by atoms with Gasteiger partial charge >= 0.3 is 0 Å². The van der Waals surface area contributed by atoms with Gasteiger partial charge in [-0.05, 0) is 73.7 Å². The molecule has 1 aliphatic heterocycles. The lowest BCUT2D eigenvalue weighted by Crippen LogP contribution is -2.45. The van der Waals surface area contributed by atoms with Gasteiger partial charge < -0.3 is 20.5 Å². The predicted molar refractivity (Wildman–Crippen MR) is 128 cm³/mol. The van der Waals surface area contributed by atoms with Gasteiger partial charge in [-0.25, -0.2) is 9.97 Å². The van der Waals surface area contributed by atoms with Crippen LogP contribution < -0.4 is 16.0 Å². The quantitative estimate of drug-likeness (QED) is 0.494. The van der Waals surface area contributed by atoms with Gasteiger partial charge in [-0.1, -0.05) is 11.2 Å². The summed E-state index contributed by atoms with van der Waals surface area (Å²) in [5.41, 5.74) is 12.1. The highest BCUT2D eigenvalue weighted by Crippen LogP contribution is 2.33. The standard InChI is InChI=1S/C25H26N6O2/c1-15-8-17(19-11-29-33-13-19)10-21-22(15)27-14-28-23(21)31-7-6-16-4-5-20(9-18(16)12-31)30-24(32)25(2,3)26/h4-5,8-11,13-14H,6-7,12,26H2,1-3H3,(H,30,32). The number of benzene rings is 2. The molecular weight excluding hydrogens is 416 g/mol. The molecule has 3 N–H and O–H groups in total. The zero-order chi connectivity index (χ0) is 23.2. The summed E-state index contributed by atoms with van der Waals surface area (Å²) in [6.07, 6.45) is 5.86. The number of fused-ring (bicyclic) bond motifs is 2. The Morgan fingerprint density at radius 1 is 1.15 bits per heavy atom. The van der Waals surface area contributed by atoms with Crippen LogP contribution in [0, 0.1) is 6.92 Å². The summed E-state index contributed by atoms with van der Waals surface area (Å²) in [7, 11) is 0. The molecule has 2 aromatic carbocycles. The van der Waals surface area contributed by atoms with E-state index in [4.69, 9.17) is 10.3 Å². The average Bonchev–Trinajstić information content (AvgIpc) is 3.33. The van der Waals surface area contributed by atoms with Crippen LogP contribution in [-0.4, -0.2) is 33.1 Å². The van der Waals surface area contributed by atoms with Crippen molar-refractivity contribution >= 4 is 28.3 Å². The van der Waals surface area contributed by atoms with Gasteiger partial charge in [0.25, 0.3) is 0 Å². The van der Waals surface area contributed by atoms with Gasteiger partial charge in [0.05, 0.1) is 17.3 Å². The summed E-state index contributed by atoms with van der Waals surface area (Å²) in [6, 6.07) is 10.2. The second-order valence-electron chi connectivity index (χ2n) is 9.13. The lowest BCUT2D eigenvalue weighted by atomic mass is 9.97. The Morgan fingerprint density at radius 3 is 2.76 bits per heavy atom. The van der Waals surface area contributed by atoms with E-state index in [-0.39, 0.29) is 5.91 Å². The maximum Gasteiger partial charge on any atom is 0.243 e. The first-order valence-corrected chi connectivity index (χ1v) is 10.9. The molecule has 0 aliphatic carbocycles. The first-order chi connectivity index (χ1) is 15.8. The number of carbonyl (C=O) groups is 1. The summed E-state index contributed by atoms with van der Waals surface area (Å²) in [5.74, 6) is 0.679. The Bertz CT molecular complexity index is 1340. The van der Waals surface area contributed by atoms with Gasteiger partial charge in [-0.2, -0.15) is 0 Å². The summed E-state index contributed by atoms with van der Waals surface area (Å²) >= 11 is 0. The third-order valence-corrected chi connectivity index (χ3v) is 6.04. The Morgan fingerprint density at radius 2 is 2.00 bits per heavy atom. The number of nitrogens with one attached hydrogen (secondary N) is 1. The number of hydrogen-bond donors (Lipinski definition) is 2. The summed E-state index contributed by atoms with van der Waals surface area (Å²) < 4.78 is 5.04.